The highest BCUT2D eigenvalue weighted by Gasteiger charge is 2.24. The molecule has 2 aromatic rings. The number of quaternary nitrogens is 1. The van der Waals surface area contributed by atoms with E-state index in [0.29, 0.717) is 0 Å². The smallest absolute Gasteiger partial charge is 0.287 e. The highest BCUT2D eigenvalue weighted by atomic mass is 16.2. The van der Waals surface area contributed by atoms with Crippen LogP contribution in [0.3, 0.4) is 0 Å². The lowest BCUT2D eigenvalue weighted by molar-refractivity contribution is -0.682. The lowest BCUT2D eigenvalue weighted by Gasteiger charge is -2.17. The average molecular weight is 325 g/mol. The number of carbonyl (C=O) groups excluding carboxylic acids is 1. The minimum Gasteiger partial charge on any atom is -0.332 e. The molecule has 3 heteroatoms. The van der Waals surface area contributed by atoms with E-state index in [0.717, 1.165) is 35.3 Å². The van der Waals surface area contributed by atoms with Crippen LogP contribution in [0.15, 0.2) is 48.5 Å². The van der Waals surface area contributed by atoms with Crippen molar-refractivity contribution in [2.24, 2.45) is 0 Å². The molecule has 0 aromatic heterocycles. The molecule has 2 rings (SSSR count). The van der Waals surface area contributed by atoms with Gasteiger partial charge in [0, 0.05) is 11.3 Å². The molecule has 1 amide bonds. The molecule has 3 N–H and O–H groups in total. The summed E-state index contributed by atoms with van der Waals surface area (Å²) in [6.07, 6.45) is 3.53. The molecule has 0 radical (unpaired) electrons. The van der Waals surface area contributed by atoms with E-state index in [-0.39, 0.29) is 11.9 Å². The number of nitrogens with one attached hydrogen (secondary N) is 1. The van der Waals surface area contributed by atoms with Crippen LogP contribution in [0.1, 0.15) is 48.9 Å². The van der Waals surface area contributed by atoms with Crippen LogP contribution in [0.5, 0.6) is 0 Å². The molecule has 0 heterocycles. The van der Waals surface area contributed by atoms with Crippen molar-refractivity contribution < 1.29 is 10.1 Å². The minimum absolute atomic E-state index is 0.0476. The Bertz CT molecular complexity index is 652. The summed E-state index contributed by atoms with van der Waals surface area (Å²) in [5.74, 6) is 0.0476. The summed E-state index contributed by atoms with van der Waals surface area (Å²) < 4.78 is 0. The van der Waals surface area contributed by atoms with Crippen LogP contribution in [0.25, 0.3) is 0 Å². The fourth-order valence-corrected chi connectivity index (χ4v) is 2.81. The Labute approximate surface area is 145 Å². The molecule has 3 nitrogen and oxygen atoms in total. The average Bonchev–Trinajstić information content (AvgIpc) is 2.59. The first kappa shape index (κ1) is 18.2. The second-order valence-electron chi connectivity index (χ2n) is 6.43. The first-order chi connectivity index (χ1) is 11.6. The lowest BCUT2D eigenvalue weighted by atomic mass is 10.0. The molecule has 2 aromatic carbocycles. The van der Waals surface area contributed by atoms with Crippen molar-refractivity contribution in [2.75, 3.05) is 11.9 Å². The standard InChI is InChI=1S/C21H28N2O/c1-4-5-9-14-22-20(18-10-7-6-8-11-18)21(24)23-19-15-16(2)12-13-17(19)3/h6-8,10-13,15,20,22H,4-5,9,14H2,1-3H3,(H,23,24)/p+1/t20-/m0/s1. The minimum atomic E-state index is -0.206. The van der Waals surface area contributed by atoms with E-state index < -0.39 is 0 Å². The fourth-order valence-electron chi connectivity index (χ4n) is 2.81. The second-order valence-corrected chi connectivity index (χ2v) is 6.43. The quantitative estimate of drug-likeness (QED) is 0.714. The number of hydrogen-bond acceptors (Lipinski definition) is 1. The molecule has 0 fully saturated rings. The zero-order valence-corrected chi connectivity index (χ0v) is 15.0. The van der Waals surface area contributed by atoms with Crippen LogP contribution < -0.4 is 10.6 Å². The third-order valence-electron chi connectivity index (χ3n) is 4.30. The van der Waals surface area contributed by atoms with Crippen LogP contribution >= 0.6 is 0 Å². The number of rotatable bonds is 8. The second kappa shape index (κ2) is 9.24. The van der Waals surface area contributed by atoms with Gasteiger partial charge in [-0.1, -0.05) is 55.8 Å². The fraction of sp³-hybridized carbons (Fsp3) is 0.381. The topological polar surface area (TPSA) is 45.7 Å². The van der Waals surface area contributed by atoms with Crippen LogP contribution in [0.2, 0.25) is 0 Å². The van der Waals surface area contributed by atoms with E-state index >= 15 is 0 Å². The van der Waals surface area contributed by atoms with E-state index in [4.69, 9.17) is 0 Å². The van der Waals surface area contributed by atoms with Crippen molar-refractivity contribution in [3.63, 3.8) is 0 Å². The molecule has 0 bridgehead atoms. The van der Waals surface area contributed by atoms with Gasteiger partial charge in [0.05, 0.1) is 6.54 Å². The summed E-state index contributed by atoms with van der Waals surface area (Å²) in [7, 11) is 0. The maximum atomic E-state index is 12.9. The zero-order chi connectivity index (χ0) is 17.4. The molecule has 0 aliphatic rings. The van der Waals surface area contributed by atoms with Crippen LogP contribution in [-0.4, -0.2) is 12.5 Å². The van der Waals surface area contributed by atoms with E-state index in [1.54, 1.807) is 0 Å². The molecule has 0 saturated heterocycles. The first-order valence-electron chi connectivity index (χ1n) is 8.88. The van der Waals surface area contributed by atoms with Gasteiger partial charge in [-0.2, -0.15) is 0 Å². The van der Waals surface area contributed by atoms with E-state index in [2.05, 4.69) is 23.6 Å². The van der Waals surface area contributed by atoms with Gasteiger partial charge in [-0.3, -0.25) is 4.79 Å². The van der Waals surface area contributed by atoms with Gasteiger partial charge >= 0.3 is 0 Å². The summed E-state index contributed by atoms with van der Waals surface area (Å²) in [5.41, 5.74) is 4.20. The van der Waals surface area contributed by atoms with Gasteiger partial charge < -0.3 is 10.6 Å². The van der Waals surface area contributed by atoms with Crippen molar-refractivity contribution in [1.29, 1.82) is 0 Å². The Morgan fingerprint density at radius 2 is 1.83 bits per heavy atom. The van der Waals surface area contributed by atoms with Crippen molar-refractivity contribution in [1.82, 2.24) is 0 Å². The molecular formula is C21H29N2O+. The molecule has 24 heavy (non-hydrogen) atoms. The van der Waals surface area contributed by atoms with Crippen molar-refractivity contribution in [2.45, 2.75) is 46.1 Å². The number of unbranched alkanes of at least 4 members (excludes halogenated alkanes) is 2. The van der Waals surface area contributed by atoms with Gasteiger partial charge in [-0.15, -0.1) is 0 Å². The molecule has 0 spiro atoms. The summed E-state index contributed by atoms with van der Waals surface area (Å²) >= 11 is 0. The lowest BCUT2D eigenvalue weighted by Crippen LogP contribution is -2.87. The highest BCUT2D eigenvalue weighted by molar-refractivity contribution is 5.95. The van der Waals surface area contributed by atoms with Crippen molar-refractivity contribution in [3.05, 3.63) is 65.2 Å². The molecule has 1 atom stereocenters. The molecule has 0 aliphatic carbocycles. The predicted octanol–water partition coefficient (Wildman–Crippen LogP) is 3.74. The summed E-state index contributed by atoms with van der Waals surface area (Å²) in [6.45, 7) is 7.23. The van der Waals surface area contributed by atoms with Crippen molar-refractivity contribution >= 4 is 11.6 Å². The largest absolute Gasteiger partial charge is 0.332 e. The Hall–Kier alpha value is -2.13. The molecule has 128 valence electrons. The van der Waals surface area contributed by atoms with E-state index in [9.17, 15) is 4.79 Å². The van der Waals surface area contributed by atoms with Gasteiger partial charge in [-0.25, -0.2) is 0 Å². The van der Waals surface area contributed by atoms with Gasteiger partial charge in [0.15, 0.2) is 6.04 Å². The monoisotopic (exact) mass is 325 g/mol. The molecular weight excluding hydrogens is 296 g/mol. The normalized spacial score (nSPS) is 12.0. The summed E-state index contributed by atoms with van der Waals surface area (Å²) in [6, 6.07) is 16.0. The third-order valence-corrected chi connectivity index (χ3v) is 4.30. The molecule has 0 saturated carbocycles. The number of hydrogen-bond donors (Lipinski definition) is 2. The first-order valence-corrected chi connectivity index (χ1v) is 8.88. The highest BCUT2D eigenvalue weighted by Crippen LogP contribution is 2.18. The van der Waals surface area contributed by atoms with E-state index in [1.165, 1.54) is 12.8 Å². The SMILES string of the molecule is CCCCC[NH2+][C@H](C(=O)Nc1cc(C)ccc1C)c1ccccc1. The third kappa shape index (κ3) is 5.20. The van der Waals surface area contributed by atoms with Crippen LogP contribution in [0, 0.1) is 13.8 Å². The summed E-state index contributed by atoms with van der Waals surface area (Å²) in [4.78, 5) is 12.9. The maximum absolute atomic E-state index is 12.9. The number of carbonyl (C=O) groups is 1. The number of aryl methyl sites for hydroxylation is 2. The number of anilines is 1. The van der Waals surface area contributed by atoms with Crippen LogP contribution in [0.4, 0.5) is 5.69 Å². The Morgan fingerprint density at radius 1 is 1.08 bits per heavy atom. The van der Waals surface area contributed by atoms with Gasteiger partial charge in [0.25, 0.3) is 5.91 Å². The number of nitrogens with two attached hydrogens (primary N) is 1. The molecule has 0 aliphatic heterocycles. The zero-order valence-electron chi connectivity index (χ0n) is 15.0. The molecule has 0 unspecified atom stereocenters. The number of amides is 1. The van der Waals surface area contributed by atoms with Gasteiger partial charge in [-0.05, 0) is 43.9 Å². The summed E-state index contributed by atoms with van der Waals surface area (Å²) in [5, 5.41) is 5.28. The Kier molecular flexibility index (Phi) is 7.01. The predicted molar refractivity (Wildman–Crippen MR) is 100 cm³/mol. The van der Waals surface area contributed by atoms with Gasteiger partial charge in [0.1, 0.15) is 0 Å². The van der Waals surface area contributed by atoms with Crippen molar-refractivity contribution in [3.8, 4) is 0 Å². The Morgan fingerprint density at radius 3 is 2.54 bits per heavy atom. The number of benzene rings is 2. The van der Waals surface area contributed by atoms with E-state index in [1.807, 2.05) is 56.3 Å². The van der Waals surface area contributed by atoms with Crippen LogP contribution in [-0.2, 0) is 4.79 Å². The Balaban J connectivity index is 2.13. The van der Waals surface area contributed by atoms with Gasteiger partial charge in [0.2, 0.25) is 0 Å². The maximum Gasteiger partial charge on any atom is 0.287 e.